The highest BCUT2D eigenvalue weighted by Crippen LogP contribution is 2.25. The van der Waals surface area contributed by atoms with Crippen LogP contribution in [0.15, 0.2) is 18.2 Å². The van der Waals surface area contributed by atoms with Gasteiger partial charge in [-0.1, -0.05) is 13.3 Å². The molecule has 2 aromatic rings. The van der Waals surface area contributed by atoms with Gasteiger partial charge in [-0.15, -0.1) is 11.3 Å². The number of nitrogens with zero attached hydrogens (tertiary/aromatic N) is 1. The van der Waals surface area contributed by atoms with Crippen molar-refractivity contribution in [3.05, 3.63) is 23.2 Å². The van der Waals surface area contributed by atoms with E-state index in [1.165, 1.54) is 0 Å². The topological polar surface area (TPSA) is 68.0 Å². The fourth-order valence-corrected chi connectivity index (χ4v) is 2.85. The standard InChI is InChI=1S/C14H19N3OS/c1-3-10(8-15)6-14(18)17-11-4-5-12-13(7-11)19-9(2)16-12/h4-5,7,10H,3,6,8,15H2,1-2H3,(H,17,18). The second-order valence-corrected chi connectivity index (χ2v) is 5.91. The fourth-order valence-electron chi connectivity index (χ4n) is 1.99. The Bertz CT molecular complexity index is 575. The third-order valence-corrected chi connectivity index (χ3v) is 4.10. The summed E-state index contributed by atoms with van der Waals surface area (Å²) in [4.78, 5) is 16.3. The Balaban J connectivity index is 2.06. The molecule has 2 rings (SSSR count). The van der Waals surface area contributed by atoms with E-state index in [0.717, 1.165) is 27.3 Å². The number of amides is 1. The molecule has 0 spiro atoms. The quantitative estimate of drug-likeness (QED) is 0.883. The normalized spacial score (nSPS) is 12.6. The van der Waals surface area contributed by atoms with Gasteiger partial charge < -0.3 is 11.1 Å². The summed E-state index contributed by atoms with van der Waals surface area (Å²) in [6.45, 7) is 4.59. The maximum atomic E-state index is 11.9. The third-order valence-electron chi connectivity index (χ3n) is 3.16. The van der Waals surface area contributed by atoms with E-state index in [1.54, 1.807) is 11.3 Å². The van der Waals surface area contributed by atoms with E-state index >= 15 is 0 Å². The highest BCUT2D eigenvalue weighted by molar-refractivity contribution is 7.18. The maximum Gasteiger partial charge on any atom is 0.224 e. The van der Waals surface area contributed by atoms with E-state index < -0.39 is 0 Å². The molecule has 0 aliphatic carbocycles. The number of benzene rings is 1. The molecule has 3 N–H and O–H groups in total. The predicted molar refractivity (Wildman–Crippen MR) is 80.4 cm³/mol. The van der Waals surface area contributed by atoms with Crippen LogP contribution in [0.25, 0.3) is 10.2 Å². The van der Waals surface area contributed by atoms with Gasteiger partial charge in [0.1, 0.15) is 0 Å². The maximum absolute atomic E-state index is 11.9. The highest BCUT2D eigenvalue weighted by atomic mass is 32.1. The van der Waals surface area contributed by atoms with Crippen molar-refractivity contribution in [2.75, 3.05) is 11.9 Å². The molecule has 0 saturated heterocycles. The summed E-state index contributed by atoms with van der Waals surface area (Å²) in [5, 5.41) is 3.96. The van der Waals surface area contributed by atoms with E-state index in [0.29, 0.717) is 13.0 Å². The smallest absolute Gasteiger partial charge is 0.224 e. The molecule has 1 unspecified atom stereocenters. The van der Waals surface area contributed by atoms with Gasteiger partial charge in [-0.2, -0.15) is 0 Å². The van der Waals surface area contributed by atoms with Gasteiger partial charge in [0, 0.05) is 12.1 Å². The molecular formula is C14H19N3OS. The Hall–Kier alpha value is -1.46. The molecule has 1 atom stereocenters. The van der Waals surface area contributed by atoms with Gasteiger partial charge in [0.15, 0.2) is 0 Å². The molecule has 0 aliphatic heterocycles. The number of nitrogens with one attached hydrogen (secondary N) is 1. The fraction of sp³-hybridized carbons (Fsp3) is 0.429. The minimum Gasteiger partial charge on any atom is -0.330 e. The molecule has 19 heavy (non-hydrogen) atoms. The molecule has 4 nitrogen and oxygen atoms in total. The Kier molecular flexibility index (Phi) is 4.50. The van der Waals surface area contributed by atoms with E-state index in [1.807, 2.05) is 25.1 Å². The van der Waals surface area contributed by atoms with Gasteiger partial charge in [0.2, 0.25) is 5.91 Å². The molecule has 0 saturated carbocycles. The van der Waals surface area contributed by atoms with Crippen LogP contribution in [-0.2, 0) is 4.79 Å². The molecule has 5 heteroatoms. The molecule has 0 radical (unpaired) electrons. The van der Waals surface area contributed by atoms with Crippen LogP contribution in [0.2, 0.25) is 0 Å². The average Bonchev–Trinajstić information content (AvgIpc) is 2.75. The lowest BCUT2D eigenvalue weighted by Crippen LogP contribution is -2.21. The molecule has 0 aliphatic rings. The Morgan fingerprint density at radius 2 is 2.32 bits per heavy atom. The number of aromatic nitrogens is 1. The number of thiazole rings is 1. The van der Waals surface area contributed by atoms with Gasteiger partial charge in [0.05, 0.1) is 15.2 Å². The van der Waals surface area contributed by atoms with Gasteiger partial charge >= 0.3 is 0 Å². The Labute approximate surface area is 117 Å². The molecule has 1 amide bonds. The zero-order valence-corrected chi connectivity index (χ0v) is 12.1. The van der Waals surface area contributed by atoms with Crippen molar-refractivity contribution in [3.63, 3.8) is 0 Å². The zero-order chi connectivity index (χ0) is 13.8. The number of anilines is 1. The van der Waals surface area contributed by atoms with Crippen molar-refractivity contribution < 1.29 is 4.79 Å². The number of rotatable bonds is 5. The van der Waals surface area contributed by atoms with E-state index in [-0.39, 0.29) is 11.8 Å². The Morgan fingerprint density at radius 1 is 1.53 bits per heavy atom. The summed E-state index contributed by atoms with van der Waals surface area (Å²) in [6.07, 6.45) is 1.41. The van der Waals surface area contributed by atoms with Crippen LogP contribution in [0.5, 0.6) is 0 Å². The van der Waals surface area contributed by atoms with E-state index in [4.69, 9.17) is 5.73 Å². The first-order valence-electron chi connectivity index (χ1n) is 6.49. The van der Waals surface area contributed by atoms with Crippen LogP contribution < -0.4 is 11.1 Å². The van der Waals surface area contributed by atoms with Crippen molar-refractivity contribution in [3.8, 4) is 0 Å². The summed E-state index contributed by atoms with van der Waals surface area (Å²) in [7, 11) is 0. The summed E-state index contributed by atoms with van der Waals surface area (Å²) in [6, 6.07) is 5.80. The lowest BCUT2D eigenvalue weighted by atomic mass is 10.0. The number of hydrogen-bond donors (Lipinski definition) is 2. The first-order valence-corrected chi connectivity index (χ1v) is 7.31. The van der Waals surface area contributed by atoms with Crippen LogP contribution in [0.4, 0.5) is 5.69 Å². The zero-order valence-electron chi connectivity index (χ0n) is 11.3. The van der Waals surface area contributed by atoms with Crippen LogP contribution in [-0.4, -0.2) is 17.4 Å². The minimum atomic E-state index is 0.0258. The molecule has 0 fully saturated rings. The molecule has 1 aromatic heterocycles. The number of carbonyl (C=O) groups is 1. The van der Waals surface area contributed by atoms with Crippen LogP contribution >= 0.6 is 11.3 Å². The lowest BCUT2D eigenvalue weighted by Gasteiger charge is -2.11. The largest absolute Gasteiger partial charge is 0.330 e. The molecule has 1 heterocycles. The summed E-state index contributed by atoms with van der Waals surface area (Å²) >= 11 is 1.63. The monoisotopic (exact) mass is 277 g/mol. The van der Waals surface area contributed by atoms with Crippen molar-refractivity contribution >= 4 is 33.1 Å². The summed E-state index contributed by atoms with van der Waals surface area (Å²) < 4.78 is 1.10. The molecule has 102 valence electrons. The van der Waals surface area contributed by atoms with Crippen molar-refractivity contribution in [1.82, 2.24) is 4.98 Å². The van der Waals surface area contributed by atoms with E-state index in [9.17, 15) is 4.79 Å². The van der Waals surface area contributed by atoms with Crippen molar-refractivity contribution in [2.45, 2.75) is 26.7 Å². The van der Waals surface area contributed by atoms with Crippen molar-refractivity contribution in [2.24, 2.45) is 11.7 Å². The number of nitrogens with two attached hydrogens (primary N) is 1. The molecule has 0 bridgehead atoms. The van der Waals surface area contributed by atoms with E-state index in [2.05, 4.69) is 17.2 Å². The Morgan fingerprint density at radius 3 is 3.00 bits per heavy atom. The van der Waals surface area contributed by atoms with Crippen LogP contribution in [0, 0.1) is 12.8 Å². The van der Waals surface area contributed by atoms with Gasteiger partial charge in [0.25, 0.3) is 0 Å². The number of hydrogen-bond acceptors (Lipinski definition) is 4. The van der Waals surface area contributed by atoms with Crippen LogP contribution in [0.3, 0.4) is 0 Å². The van der Waals surface area contributed by atoms with Gasteiger partial charge in [-0.3, -0.25) is 4.79 Å². The lowest BCUT2D eigenvalue weighted by molar-refractivity contribution is -0.117. The minimum absolute atomic E-state index is 0.0258. The highest BCUT2D eigenvalue weighted by Gasteiger charge is 2.11. The second-order valence-electron chi connectivity index (χ2n) is 4.68. The first-order chi connectivity index (χ1) is 9.12. The third kappa shape index (κ3) is 3.52. The predicted octanol–water partition coefficient (Wildman–Crippen LogP) is 2.92. The first kappa shape index (κ1) is 14.0. The number of carbonyl (C=O) groups excluding carboxylic acids is 1. The van der Waals surface area contributed by atoms with Crippen molar-refractivity contribution in [1.29, 1.82) is 0 Å². The SMILES string of the molecule is CCC(CN)CC(=O)Nc1ccc2nc(C)sc2c1. The summed E-state index contributed by atoms with van der Waals surface area (Å²) in [5.41, 5.74) is 7.42. The number of aryl methyl sites for hydroxylation is 1. The van der Waals surface area contributed by atoms with Gasteiger partial charge in [-0.25, -0.2) is 4.98 Å². The molecule has 1 aromatic carbocycles. The summed E-state index contributed by atoms with van der Waals surface area (Å²) in [5.74, 6) is 0.285. The number of fused-ring (bicyclic) bond motifs is 1. The average molecular weight is 277 g/mol. The van der Waals surface area contributed by atoms with Gasteiger partial charge in [-0.05, 0) is 37.6 Å². The van der Waals surface area contributed by atoms with Crippen LogP contribution in [0.1, 0.15) is 24.8 Å². The molecular weight excluding hydrogens is 258 g/mol. The second kappa shape index (κ2) is 6.12.